The van der Waals surface area contributed by atoms with Gasteiger partial charge in [-0.2, -0.15) is 5.10 Å². The predicted molar refractivity (Wildman–Crippen MR) is 86.5 cm³/mol. The lowest BCUT2D eigenvalue weighted by atomic mass is 10.1. The van der Waals surface area contributed by atoms with Crippen molar-refractivity contribution in [2.24, 2.45) is 5.10 Å². The summed E-state index contributed by atoms with van der Waals surface area (Å²) in [5, 5.41) is 7.52. The smallest absolute Gasteiger partial charge is 0.216 e. The van der Waals surface area contributed by atoms with Crippen LogP contribution in [0.2, 0.25) is 0 Å². The Kier molecular flexibility index (Phi) is 5.66. The van der Waals surface area contributed by atoms with Crippen LogP contribution >= 0.6 is 0 Å². The van der Waals surface area contributed by atoms with Crippen LogP contribution in [0.3, 0.4) is 0 Å². The summed E-state index contributed by atoms with van der Waals surface area (Å²) in [7, 11) is 0. The lowest BCUT2D eigenvalue weighted by molar-refractivity contribution is 0.565. The molecule has 1 heterocycles. The van der Waals surface area contributed by atoms with Crippen molar-refractivity contribution in [3.8, 4) is 0 Å². The van der Waals surface area contributed by atoms with Crippen LogP contribution in [0.1, 0.15) is 46.0 Å². The van der Waals surface area contributed by atoms with Gasteiger partial charge in [0.05, 0.1) is 0 Å². The number of hydrazone groups is 1. The molecule has 3 heteroatoms. The van der Waals surface area contributed by atoms with Crippen LogP contribution in [0.15, 0.2) is 39.9 Å². The third-order valence-corrected chi connectivity index (χ3v) is 3.40. The number of unbranched alkanes of at least 4 members (excludes halogenated alkanes) is 4. The number of hydrogen-bond acceptors (Lipinski definition) is 3. The third kappa shape index (κ3) is 3.86. The van der Waals surface area contributed by atoms with Crippen LogP contribution in [0, 0.1) is 0 Å². The first kappa shape index (κ1) is 14.6. The highest BCUT2D eigenvalue weighted by Crippen LogP contribution is 2.26. The standard InChI is InChI=1S/C17H24N2O/c1-3-5-6-7-10-13-19(18-4-2)17-14-15-11-8-9-12-16(15)20-17/h4,8-9,11-12,14H,3,5-7,10,13H2,1-2H3/b18-4+. The summed E-state index contributed by atoms with van der Waals surface area (Å²) in [5.41, 5.74) is 0.921. The highest BCUT2D eigenvalue weighted by molar-refractivity contribution is 5.81. The van der Waals surface area contributed by atoms with Crippen molar-refractivity contribution in [3.05, 3.63) is 30.3 Å². The number of anilines is 1. The molecule has 0 radical (unpaired) electrons. The zero-order valence-corrected chi connectivity index (χ0v) is 12.5. The zero-order chi connectivity index (χ0) is 14.2. The SMILES string of the molecule is C/C=N/N(CCCCCCC)c1cc2ccccc2o1. The minimum absolute atomic E-state index is 0.833. The molecule has 0 spiro atoms. The lowest BCUT2D eigenvalue weighted by Crippen LogP contribution is -2.17. The largest absolute Gasteiger partial charge is 0.439 e. The summed E-state index contributed by atoms with van der Waals surface area (Å²) < 4.78 is 5.87. The van der Waals surface area contributed by atoms with E-state index >= 15 is 0 Å². The molecule has 3 nitrogen and oxygen atoms in total. The molecule has 0 bridgehead atoms. The van der Waals surface area contributed by atoms with E-state index in [-0.39, 0.29) is 0 Å². The van der Waals surface area contributed by atoms with E-state index in [1.54, 1.807) is 0 Å². The van der Waals surface area contributed by atoms with Gasteiger partial charge in [0.25, 0.3) is 0 Å². The number of rotatable bonds is 8. The molecule has 0 aliphatic carbocycles. The molecule has 0 atom stereocenters. The molecule has 0 aliphatic heterocycles. The molecule has 0 saturated heterocycles. The number of para-hydroxylation sites is 1. The Bertz CT molecular complexity index is 512. The quantitative estimate of drug-likeness (QED) is 0.374. The fraction of sp³-hybridized carbons (Fsp3) is 0.471. The maximum atomic E-state index is 5.87. The monoisotopic (exact) mass is 272 g/mol. The first-order valence-corrected chi connectivity index (χ1v) is 7.60. The molecular formula is C17H24N2O. The van der Waals surface area contributed by atoms with Crippen molar-refractivity contribution in [3.63, 3.8) is 0 Å². The van der Waals surface area contributed by atoms with Gasteiger partial charge >= 0.3 is 0 Å². The van der Waals surface area contributed by atoms with Crippen LogP contribution in [0.4, 0.5) is 5.88 Å². The van der Waals surface area contributed by atoms with Crippen molar-refractivity contribution < 1.29 is 4.42 Å². The van der Waals surface area contributed by atoms with Gasteiger partial charge in [0.15, 0.2) is 0 Å². The van der Waals surface area contributed by atoms with E-state index in [1.165, 1.54) is 25.7 Å². The highest BCUT2D eigenvalue weighted by atomic mass is 16.4. The van der Waals surface area contributed by atoms with Gasteiger partial charge in [0, 0.05) is 24.2 Å². The van der Waals surface area contributed by atoms with Crippen LogP contribution in [-0.4, -0.2) is 12.8 Å². The summed E-state index contributed by atoms with van der Waals surface area (Å²) in [6, 6.07) is 10.1. The molecule has 0 fully saturated rings. The van der Waals surface area contributed by atoms with E-state index in [2.05, 4.69) is 24.2 Å². The Morgan fingerprint density at radius 3 is 2.70 bits per heavy atom. The number of benzene rings is 1. The van der Waals surface area contributed by atoms with E-state index in [1.807, 2.05) is 36.3 Å². The summed E-state index contributed by atoms with van der Waals surface area (Å²) in [5.74, 6) is 0.833. The van der Waals surface area contributed by atoms with Crippen molar-refractivity contribution in [1.82, 2.24) is 0 Å². The zero-order valence-electron chi connectivity index (χ0n) is 12.5. The summed E-state index contributed by atoms with van der Waals surface area (Å²) in [4.78, 5) is 0. The highest BCUT2D eigenvalue weighted by Gasteiger charge is 2.10. The van der Waals surface area contributed by atoms with Crippen molar-refractivity contribution in [2.75, 3.05) is 11.6 Å². The molecule has 1 aromatic heterocycles. The van der Waals surface area contributed by atoms with Crippen LogP contribution in [-0.2, 0) is 0 Å². The van der Waals surface area contributed by atoms with E-state index in [4.69, 9.17) is 4.42 Å². The molecule has 2 rings (SSSR count). The predicted octanol–water partition coefficient (Wildman–Crippen LogP) is 5.22. The number of fused-ring (bicyclic) bond motifs is 1. The van der Waals surface area contributed by atoms with Gasteiger partial charge in [0.2, 0.25) is 5.88 Å². The second-order valence-electron chi connectivity index (χ2n) is 5.03. The normalized spacial score (nSPS) is 11.5. The maximum absolute atomic E-state index is 5.87. The molecular weight excluding hydrogens is 248 g/mol. The van der Waals surface area contributed by atoms with Gasteiger partial charge in [-0.15, -0.1) is 0 Å². The topological polar surface area (TPSA) is 28.7 Å². The molecule has 2 aromatic rings. The molecule has 20 heavy (non-hydrogen) atoms. The number of hydrogen-bond donors (Lipinski definition) is 0. The van der Waals surface area contributed by atoms with Gasteiger partial charge in [0.1, 0.15) is 5.58 Å². The van der Waals surface area contributed by atoms with Gasteiger partial charge < -0.3 is 4.42 Å². The van der Waals surface area contributed by atoms with E-state index in [9.17, 15) is 0 Å². The molecule has 0 saturated carbocycles. The summed E-state index contributed by atoms with van der Waals surface area (Å²) in [6.07, 6.45) is 8.12. The van der Waals surface area contributed by atoms with Gasteiger partial charge in [-0.05, 0) is 19.4 Å². The molecule has 1 aromatic carbocycles. The van der Waals surface area contributed by atoms with E-state index in [0.717, 1.165) is 29.8 Å². The van der Waals surface area contributed by atoms with Crippen molar-refractivity contribution in [2.45, 2.75) is 46.0 Å². The molecule has 0 amide bonds. The van der Waals surface area contributed by atoms with Crippen LogP contribution < -0.4 is 5.01 Å². The van der Waals surface area contributed by atoms with Crippen LogP contribution in [0.25, 0.3) is 11.0 Å². The molecule has 108 valence electrons. The molecule has 0 unspecified atom stereocenters. The summed E-state index contributed by atoms with van der Waals surface area (Å²) >= 11 is 0. The maximum Gasteiger partial charge on any atom is 0.216 e. The van der Waals surface area contributed by atoms with Gasteiger partial charge in [-0.1, -0.05) is 50.8 Å². The Morgan fingerprint density at radius 1 is 1.15 bits per heavy atom. The number of nitrogens with zero attached hydrogens (tertiary/aromatic N) is 2. The molecule has 0 N–H and O–H groups in total. The summed E-state index contributed by atoms with van der Waals surface area (Å²) in [6.45, 7) is 5.09. The van der Waals surface area contributed by atoms with Crippen molar-refractivity contribution >= 4 is 23.1 Å². The Hall–Kier alpha value is -1.77. The Morgan fingerprint density at radius 2 is 1.95 bits per heavy atom. The number of furan rings is 1. The lowest BCUT2D eigenvalue weighted by Gasteiger charge is -2.15. The minimum Gasteiger partial charge on any atom is -0.439 e. The van der Waals surface area contributed by atoms with Crippen LogP contribution in [0.5, 0.6) is 0 Å². The van der Waals surface area contributed by atoms with Crippen molar-refractivity contribution in [1.29, 1.82) is 0 Å². The fourth-order valence-corrected chi connectivity index (χ4v) is 2.32. The first-order valence-electron chi connectivity index (χ1n) is 7.60. The Balaban J connectivity index is 2.00. The minimum atomic E-state index is 0.833. The molecule has 0 aliphatic rings. The van der Waals surface area contributed by atoms with E-state index in [0.29, 0.717) is 0 Å². The van der Waals surface area contributed by atoms with Gasteiger partial charge in [-0.3, -0.25) is 0 Å². The average Bonchev–Trinajstić information content (AvgIpc) is 2.89. The van der Waals surface area contributed by atoms with E-state index < -0.39 is 0 Å². The Labute approximate surface area is 121 Å². The second kappa shape index (κ2) is 7.73. The first-order chi connectivity index (χ1) is 9.85. The second-order valence-corrected chi connectivity index (χ2v) is 5.03. The third-order valence-electron chi connectivity index (χ3n) is 3.40. The average molecular weight is 272 g/mol. The van der Waals surface area contributed by atoms with Gasteiger partial charge in [-0.25, -0.2) is 5.01 Å². The fourth-order valence-electron chi connectivity index (χ4n) is 2.32.